The van der Waals surface area contributed by atoms with Crippen molar-refractivity contribution in [2.75, 3.05) is 13.1 Å². The van der Waals surface area contributed by atoms with Gasteiger partial charge >= 0.3 is 0 Å². The lowest BCUT2D eigenvalue weighted by molar-refractivity contribution is 0.0760. The summed E-state index contributed by atoms with van der Waals surface area (Å²) < 4.78 is 10.7. The van der Waals surface area contributed by atoms with Crippen LogP contribution in [0, 0.1) is 13.8 Å². The summed E-state index contributed by atoms with van der Waals surface area (Å²) in [6.07, 6.45) is 0.692. The summed E-state index contributed by atoms with van der Waals surface area (Å²) in [6.45, 7) is 4.78. The molecule has 0 N–H and O–H groups in total. The molecule has 2 aromatic rings. The molecule has 0 unspecified atom stereocenters. The van der Waals surface area contributed by atoms with Crippen molar-refractivity contribution in [2.24, 2.45) is 0 Å². The molecule has 0 saturated carbocycles. The molecule has 1 atom stereocenters. The third kappa shape index (κ3) is 3.01. The number of carbonyl (C=O) groups excluding carboxylic acids is 1. The Hall–Kier alpha value is -2.44. The first-order chi connectivity index (χ1) is 10.1. The summed E-state index contributed by atoms with van der Waals surface area (Å²) >= 11 is 0. The zero-order chi connectivity index (χ0) is 14.8. The zero-order valence-electron chi connectivity index (χ0n) is 11.9. The first-order valence-corrected chi connectivity index (χ1v) is 6.81. The molecule has 110 valence electrons. The molecular weight excluding hydrogens is 272 g/mol. The largest absolute Gasteiger partial charge is 0.471 e. The summed E-state index contributed by atoms with van der Waals surface area (Å²) in [5.41, 5.74) is 1.18. The van der Waals surface area contributed by atoms with Crippen LogP contribution in [0.2, 0.25) is 0 Å². The van der Waals surface area contributed by atoms with E-state index in [4.69, 9.17) is 9.26 Å². The number of nitrogens with zero attached hydrogens (tertiary/aromatic N) is 4. The van der Waals surface area contributed by atoms with Crippen molar-refractivity contribution in [3.8, 4) is 5.88 Å². The Kier molecular flexibility index (Phi) is 3.55. The van der Waals surface area contributed by atoms with Gasteiger partial charge in [-0.2, -0.15) is 5.10 Å². The number of carbonyl (C=O) groups is 1. The highest BCUT2D eigenvalue weighted by Gasteiger charge is 2.30. The second kappa shape index (κ2) is 5.51. The molecule has 1 aliphatic rings. The SMILES string of the molecule is Cc1ccc(O[C@H]2CCN(C(=O)c3cc(C)on3)C2)nn1. The summed E-state index contributed by atoms with van der Waals surface area (Å²) in [6, 6.07) is 5.27. The van der Waals surface area contributed by atoms with E-state index in [0.29, 0.717) is 30.4 Å². The predicted molar refractivity (Wildman–Crippen MR) is 72.9 cm³/mol. The van der Waals surface area contributed by atoms with Gasteiger partial charge in [0.15, 0.2) is 5.69 Å². The summed E-state index contributed by atoms with van der Waals surface area (Å²) in [4.78, 5) is 13.9. The summed E-state index contributed by atoms with van der Waals surface area (Å²) in [5, 5.41) is 11.7. The van der Waals surface area contributed by atoms with Crippen LogP contribution in [0.5, 0.6) is 5.88 Å². The molecule has 0 bridgehead atoms. The molecule has 1 amide bonds. The van der Waals surface area contributed by atoms with E-state index in [1.54, 1.807) is 24.0 Å². The number of hydrogen-bond donors (Lipinski definition) is 0. The van der Waals surface area contributed by atoms with Crippen molar-refractivity contribution in [1.82, 2.24) is 20.3 Å². The van der Waals surface area contributed by atoms with Gasteiger partial charge in [-0.3, -0.25) is 4.79 Å². The number of rotatable bonds is 3. The molecule has 7 nitrogen and oxygen atoms in total. The summed E-state index contributed by atoms with van der Waals surface area (Å²) in [5.74, 6) is 0.977. The Morgan fingerprint density at radius 3 is 2.90 bits per heavy atom. The van der Waals surface area contributed by atoms with E-state index in [0.717, 1.165) is 12.1 Å². The Labute approximate surface area is 121 Å². The van der Waals surface area contributed by atoms with E-state index in [1.807, 2.05) is 13.0 Å². The number of aromatic nitrogens is 3. The van der Waals surface area contributed by atoms with E-state index < -0.39 is 0 Å². The molecule has 21 heavy (non-hydrogen) atoms. The third-order valence-corrected chi connectivity index (χ3v) is 3.34. The van der Waals surface area contributed by atoms with E-state index in [9.17, 15) is 4.79 Å². The van der Waals surface area contributed by atoms with Crippen LogP contribution in [0.15, 0.2) is 22.7 Å². The average Bonchev–Trinajstić information content (AvgIpc) is 3.10. The van der Waals surface area contributed by atoms with Crippen LogP contribution in [0.4, 0.5) is 0 Å². The Morgan fingerprint density at radius 2 is 2.24 bits per heavy atom. The predicted octanol–water partition coefficient (Wildman–Crippen LogP) is 1.37. The highest BCUT2D eigenvalue weighted by molar-refractivity contribution is 5.92. The van der Waals surface area contributed by atoms with Gasteiger partial charge in [0.2, 0.25) is 5.88 Å². The standard InChI is InChI=1S/C14H16N4O3/c1-9-3-4-13(16-15-9)20-11-5-6-18(8-11)14(19)12-7-10(2)21-17-12/h3-4,7,11H,5-6,8H2,1-2H3/t11-/m0/s1. The zero-order valence-corrected chi connectivity index (χ0v) is 11.9. The first kappa shape index (κ1) is 13.5. The van der Waals surface area contributed by atoms with Gasteiger partial charge in [0.25, 0.3) is 5.91 Å². The fraction of sp³-hybridized carbons (Fsp3) is 0.429. The fourth-order valence-electron chi connectivity index (χ4n) is 2.26. The maximum atomic E-state index is 12.2. The van der Waals surface area contributed by atoms with Crippen LogP contribution in [0.25, 0.3) is 0 Å². The second-order valence-electron chi connectivity index (χ2n) is 5.12. The van der Waals surface area contributed by atoms with Crippen molar-refractivity contribution in [1.29, 1.82) is 0 Å². The van der Waals surface area contributed by atoms with Gasteiger partial charge in [-0.25, -0.2) is 0 Å². The molecule has 7 heteroatoms. The maximum Gasteiger partial charge on any atom is 0.276 e. The lowest BCUT2D eigenvalue weighted by Crippen LogP contribution is -2.31. The number of ether oxygens (including phenoxy) is 1. The van der Waals surface area contributed by atoms with Gasteiger partial charge in [0, 0.05) is 25.1 Å². The monoisotopic (exact) mass is 288 g/mol. The fourth-order valence-corrected chi connectivity index (χ4v) is 2.26. The molecule has 3 heterocycles. The van der Waals surface area contributed by atoms with Crippen LogP contribution in [-0.4, -0.2) is 45.4 Å². The molecule has 0 spiro atoms. The van der Waals surface area contributed by atoms with Gasteiger partial charge in [0.05, 0.1) is 12.2 Å². The van der Waals surface area contributed by atoms with Crippen molar-refractivity contribution in [2.45, 2.75) is 26.4 Å². The highest BCUT2D eigenvalue weighted by atomic mass is 16.5. The molecule has 0 radical (unpaired) electrons. The van der Waals surface area contributed by atoms with Crippen LogP contribution >= 0.6 is 0 Å². The van der Waals surface area contributed by atoms with Crippen LogP contribution in [-0.2, 0) is 0 Å². The van der Waals surface area contributed by atoms with Gasteiger partial charge in [-0.15, -0.1) is 5.10 Å². The van der Waals surface area contributed by atoms with Crippen LogP contribution < -0.4 is 4.74 Å². The van der Waals surface area contributed by atoms with Crippen molar-refractivity contribution in [3.63, 3.8) is 0 Å². The lowest BCUT2D eigenvalue weighted by Gasteiger charge is -2.15. The Morgan fingerprint density at radius 1 is 1.38 bits per heavy atom. The molecule has 3 rings (SSSR count). The highest BCUT2D eigenvalue weighted by Crippen LogP contribution is 2.18. The Balaban J connectivity index is 1.60. The van der Waals surface area contributed by atoms with Gasteiger partial charge < -0.3 is 14.2 Å². The van der Waals surface area contributed by atoms with E-state index in [2.05, 4.69) is 15.4 Å². The molecule has 1 saturated heterocycles. The third-order valence-electron chi connectivity index (χ3n) is 3.34. The van der Waals surface area contributed by atoms with Crippen molar-refractivity contribution >= 4 is 5.91 Å². The van der Waals surface area contributed by atoms with E-state index in [1.165, 1.54) is 0 Å². The molecular formula is C14H16N4O3. The molecule has 0 aromatic carbocycles. The van der Waals surface area contributed by atoms with Gasteiger partial charge in [-0.05, 0) is 19.9 Å². The van der Waals surface area contributed by atoms with Crippen molar-refractivity contribution in [3.05, 3.63) is 35.3 Å². The lowest BCUT2D eigenvalue weighted by atomic mass is 10.3. The molecule has 1 aliphatic heterocycles. The van der Waals surface area contributed by atoms with Crippen LogP contribution in [0.1, 0.15) is 28.4 Å². The number of amides is 1. The van der Waals surface area contributed by atoms with Gasteiger partial charge in [-0.1, -0.05) is 5.16 Å². The van der Waals surface area contributed by atoms with E-state index in [-0.39, 0.29) is 12.0 Å². The second-order valence-corrected chi connectivity index (χ2v) is 5.12. The van der Waals surface area contributed by atoms with E-state index >= 15 is 0 Å². The molecule has 1 fully saturated rings. The minimum Gasteiger partial charge on any atom is -0.471 e. The normalized spacial score (nSPS) is 18.0. The maximum absolute atomic E-state index is 12.2. The smallest absolute Gasteiger partial charge is 0.276 e. The quantitative estimate of drug-likeness (QED) is 0.848. The average molecular weight is 288 g/mol. The van der Waals surface area contributed by atoms with Gasteiger partial charge in [0.1, 0.15) is 11.9 Å². The minimum absolute atomic E-state index is 0.0704. The Bertz CT molecular complexity index is 638. The molecule has 2 aromatic heterocycles. The first-order valence-electron chi connectivity index (χ1n) is 6.81. The molecule has 0 aliphatic carbocycles. The topological polar surface area (TPSA) is 81.4 Å². The minimum atomic E-state index is -0.132. The number of hydrogen-bond acceptors (Lipinski definition) is 6. The van der Waals surface area contributed by atoms with Crippen LogP contribution in [0.3, 0.4) is 0 Å². The number of likely N-dealkylation sites (tertiary alicyclic amines) is 1. The number of aryl methyl sites for hydroxylation is 2. The summed E-state index contributed by atoms with van der Waals surface area (Å²) in [7, 11) is 0. The van der Waals surface area contributed by atoms with Crippen molar-refractivity contribution < 1.29 is 14.1 Å².